The van der Waals surface area contributed by atoms with Gasteiger partial charge in [-0.2, -0.15) is 5.10 Å². The molecule has 3 nitrogen and oxygen atoms in total. The number of aromatic nitrogens is 2. The Balaban J connectivity index is 2.41. The quantitative estimate of drug-likeness (QED) is 0.720. The first-order valence-corrected chi connectivity index (χ1v) is 6.22. The van der Waals surface area contributed by atoms with Gasteiger partial charge in [0.1, 0.15) is 0 Å². The van der Waals surface area contributed by atoms with Crippen LogP contribution in [0.25, 0.3) is 22.0 Å². The summed E-state index contributed by atoms with van der Waals surface area (Å²) in [6.45, 7) is 4.10. The molecule has 3 rings (SSSR count). The molecule has 3 aromatic rings. The maximum Gasteiger partial charge on any atom is 0.272 e. The van der Waals surface area contributed by atoms with Gasteiger partial charge >= 0.3 is 0 Å². The van der Waals surface area contributed by atoms with Crippen molar-refractivity contribution in [2.24, 2.45) is 0 Å². The van der Waals surface area contributed by atoms with E-state index >= 15 is 0 Å². The Kier molecular flexibility index (Phi) is 2.67. The van der Waals surface area contributed by atoms with E-state index in [0.29, 0.717) is 5.39 Å². The van der Waals surface area contributed by atoms with Crippen molar-refractivity contribution in [2.75, 3.05) is 0 Å². The Morgan fingerprint density at radius 2 is 1.74 bits per heavy atom. The average Bonchev–Trinajstić information content (AvgIpc) is 2.43. The second-order valence-corrected chi connectivity index (χ2v) is 4.77. The molecule has 0 fully saturated rings. The van der Waals surface area contributed by atoms with E-state index in [4.69, 9.17) is 0 Å². The molecule has 0 radical (unpaired) electrons. The molecular formula is C16H14N2O. The third-order valence-corrected chi connectivity index (χ3v) is 3.34. The van der Waals surface area contributed by atoms with Crippen LogP contribution in [0.3, 0.4) is 0 Å². The van der Waals surface area contributed by atoms with Gasteiger partial charge in [-0.05, 0) is 31.5 Å². The van der Waals surface area contributed by atoms with Crippen molar-refractivity contribution >= 4 is 10.8 Å². The minimum Gasteiger partial charge on any atom is -0.267 e. The molecule has 0 unspecified atom stereocenters. The molecule has 0 aliphatic heterocycles. The van der Waals surface area contributed by atoms with E-state index in [1.165, 1.54) is 5.56 Å². The molecule has 1 heterocycles. The zero-order valence-corrected chi connectivity index (χ0v) is 10.9. The van der Waals surface area contributed by atoms with E-state index < -0.39 is 0 Å². The average molecular weight is 250 g/mol. The number of fused-ring (bicyclic) bond motifs is 1. The van der Waals surface area contributed by atoms with Crippen molar-refractivity contribution in [1.29, 1.82) is 0 Å². The Morgan fingerprint density at radius 3 is 2.53 bits per heavy atom. The molecule has 0 bridgehead atoms. The molecule has 1 N–H and O–H groups in total. The molecule has 0 spiro atoms. The monoisotopic (exact) mass is 250 g/mol. The van der Waals surface area contributed by atoms with Gasteiger partial charge in [0.05, 0.1) is 11.1 Å². The summed E-state index contributed by atoms with van der Waals surface area (Å²) in [5.74, 6) is 0. The number of H-pyrrole nitrogens is 1. The topological polar surface area (TPSA) is 45.8 Å². The SMILES string of the molecule is Cc1ccc(C)c(-c2n[nH]c(=O)c3ccccc23)c1. The van der Waals surface area contributed by atoms with Gasteiger partial charge in [0.2, 0.25) is 0 Å². The summed E-state index contributed by atoms with van der Waals surface area (Å²) in [4.78, 5) is 11.8. The van der Waals surface area contributed by atoms with Crippen molar-refractivity contribution in [1.82, 2.24) is 10.2 Å². The zero-order valence-electron chi connectivity index (χ0n) is 10.9. The first-order valence-electron chi connectivity index (χ1n) is 6.22. The predicted molar refractivity (Wildman–Crippen MR) is 77.3 cm³/mol. The van der Waals surface area contributed by atoms with Crippen molar-refractivity contribution in [2.45, 2.75) is 13.8 Å². The highest BCUT2D eigenvalue weighted by Gasteiger charge is 2.10. The summed E-state index contributed by atoms with van der Waals surface area (Å²) < 4.78 is 0. The van der Waals surface area contributed by atoms with Gasteiger partial charge in [0.15, 0.2) is 0 Å². The molecule has 0 saturated carbocycles. The lowest BCUT2D eigenvalue weighted by Gasteiger charge is -2.08. The Morgan fingerprint density at radius 1 is 1.00 bits per heavy atom. The van der Waals surface area contributed by atoms with Gasteiger partial charge in [-0.15, -0.1) is 0 Å². The van der Waals surface area contributed by atoms with E-state index in [1.54, 1.807) is 0 Å². The van der Waals surface area contributed by atoms with Crippen LogP contribution in [-0.4, -0.2) is 10.2 Å². The van der Waals surface area contributed by atoms with Crippen LogP contribution in [0.4, 0.5) is 0 Å². The number of hydrogen-bond donors (Lipinski definition) is 1. The lowest BCUT2D eigenvalue weighted by molar-refractivity contribution is 1.01. The van der Waals surface area contributed by atoms with E-state index in [1.807, 2.05) is 24.3 Å². The zero-order chi connectivity index (χ0) is 13.4. The van der Waals surface area contributed by atoms with Crippen LogP contribution in [0, 0.1) is 13.8 Å². The molecular weight excluding hydrogens is 236 g/mol. The standard InChI is InChI=1S/C16H14N2O/c1-10-7-8-11(2)14(9-10)15-12-5-3-4-6-13(12)16(19)18-17-15/h3-9H,1-2H3,(H,18,19). The number of nitrogens with one attached hydrogen (secondary N) is 1. The maximum atomic E-state index is 11.8. The fourth-order valence-electron chi connectivity index (χ4n) is 2.31. The normalized spacial score (nSPS) is 10.8. The van der Waals surface area contributed by atoms with Gasteiger partial charge in [-0.3, -0.25) is 4.79 Å². The summed E-state index contributed by atoms with van der Waals surface area (Å²) >= 11 is 0. The highest BCUT2D eigenvalue weighted by Crippen LogP contribution is 2.27. The Hall–Kier alpha value is -2.42. The number of aryl methyl sites for hydroxylation is 2. The Labute approximate surface area is 110 Å². The first-order chi connectivity index (χ1) is 9.16. The Bertz CT molecular complexity index is 818. The highest BCUT2D eigenvalue weighted by atomic mass is 16.1. The fraction of sp³-hybridized carbons (Fsp3) is 0.125. The minimum absolute atomic E-state index is 0.148. The van der Waals surface area contributed by atoms with Crippen LogP contribution in [-0.2, 0) is 0 Å². The predicted octanol–water partition coefficient (Wildman–Crippen LogP) is 3.21. The van der Waals surface area contributed by atoms with E-state index in [2.05, 4.69) is 42.2 Å². The van der Waals surface area contributed by atoms with E-state index in [0.717, 1.165) is 22.2 Å². The van der Waals surface area contributed by atoms with Crippen LogP contribution in [0.2, 0.25) is 0 Å². The minimum atomic E-state index is -0.148. The molecule has 19 heavy (non-hydrogen) atoms. The van der Waals surface area contributed by atoms with Crippen LogP contribution in [0.15, 0.2) is 47.3 Å². The molecule has 1 aromatic heterocycles. The van der Waals surface area contributed by atoms with Gasteiger partial charge in [-0.1, -0.05) is 35.9 Å². The van der Waals surface area contributed by atoms with Crippen molar-refractivity contribution < 1.29 is 0 Å². The van der Waals surface area contributed by atoms with Crippen molar-refractivity contribution in [3.05, 3.63) is 63.9 Å². The van der Waals surface area contributed by atoms with Crippen molar-refractivity contribution in [3.63, 3.8) is 0 Å². The smallest absolute Gasteiger partial charge is 0.267 e. The second-order valence-electron chi connectivity index (χ2n) is 4.77. The highest BCUT2D eigenvalue weighted by molar-refractivity contribution is 5.94. The largest absolute Gasteiger partial charge is 0.272 e. The number of benzene rings is 2. The summed E-state index contributed by atoms with van der Waals surface area (Å²) in [5, 5.41) is 8.39. The first kappa shape index (κ1) is 11.7. The third-order valence-electron chi connectivity index (χ3n) is 3.34. The summed E-state index contributed by atoms with van der Waals surface area (Å²) in [7, 11) is 0. The maximum absolute atomic E-state index is 11.8. The molecule has 0 amide bonds. The van der Waals surface area contributed by atoms with E-state index in [-0.39, 0.29) is 5.56 Å². The number of rotatable bonds is 1. The molecule has 94 valence electrons. The van der Waals surface area contributed by atoms with Crippen LogP contribution in [0.1, 0.15) is 11.1 Å². The summed E-state index contributed by atoms with van der Waals surface area (Å²) in [6, 6.07) is 13.8. The van der Waals surface area contributed by atoms with Gasteiger partial charge in [-0.25, -0.2) is 5.10 Å². The molecule has 0 aliphatic rings. The number of aromatic amines is 1. The summed E-state index contributed by atoms with van der Waals surface area (Å²) in [5.41, 5.74) is 4.07. The summed E-state index contributed by atoms with van der Waals surface area (Å²) in [6.07, 6.45) is 0. The fourth-order valence-corrected chi connectivity index (χ4v) is 2.31. The molecule has 0 atom stereocenters. The van der Waals surface area contributed by atoms with Crippen LogP contribution < -0.4 is 5.56 Å². The number of hydrogen-bond acceptors (Lipinski definition) is 2. The van der Waals surface area contributed by atoms with E-state index in [9.17, 15) is 4.79 Å². The second kappa shape index (κ2) is 4.35. The molecule has 0 saturated heterocycles. The third kappa shape index (κ3) is 1.93. The molecule has 2 aromatic carbocycles. The van der Waals surface area contributed by atoms with Gasteiger partial charge in [0, 0.05) is 10.9 Å². The molecule has 0 aliphatic carbocycles. The lowest BCUT2D eigenvalue weighted by Crippen LogP contribution is -2.09. The van der Waals surface area contributed by atoms with Crippen LogP contribution >= 0.6 is 0 Å². The molecule has 3 heteroatoms. The van der Waals surface area contributed by atoms with Gasteiger partial charge in [0.25, 0.3) is 5.56 Å². The lowest BCUT2D eigenvalue weighted by atomic mass is 9.99. The van der Waals surface area contributed by atoms with Crippen LogP contribution in [0.5, 0.6) is 0 Å². The van der Waals surface area contributed by atoms with Crippen molar-refractivity contribution in [3.8, 4) is 11.3 Å². The van der Waals surface area contributed by atoms with Gasteiger partial charge < -0.3 is 0 Å². The number of nitrogens with zero attached hydrogens (tertiary/aromatic N) is 1.